The van der Waals surface area contributed by atoms with Gasteiger partial charge in [-0.25, -0.2) is 23.4 Å². The molecule has 0 unspecified atom stereocenters. The number of aromatic nitrogens is 1. The van der Waals surface area contributed by atoms with Gasteiger partial charge in [0.2, 0.25) is 0 Å². The lowest BCUT2D eigenvalue weighted by Gasteiger charge is -2.38. The number of rotatable bonds is 9. The summed E-state index contributed by atoms with van der Waals surface area (Å²) in [6.45, 7) is 7.89. The SMILES string of the molecule is CCOC(=O)C1=C(CN2CC[C@]3(F)C(=O)N(c4ccc(C(C)C)c(C(=O)O)c4)C[C@@H]3C2)NC(c2nccs2)=N[C@H]1c1cccc(F)c1C. The molecule has 0 saturated carbocycles. The normalized spacial score (nSPS) is 22.9. The number of carboxylic acids is 1. The minimum absolute atomic E-state index is 0.0455. The molecule has 1 amide bonds. The fraction of sp³-hybridized carbons (Fsp3) is 0.400. The Kier molecular flexibility index (Phi) is 9.18. The van der Waals surface area contributed by atoms with Crippen LogP contribution in [0.2, 0.25) is 0 Å². The second-order valence-electron chi connectivity index (χ2n) is 12.6. The lowest BCUT2D eigenvalue weighted by atomic mass is 9.84. The maximum absolute atomic E-state index is 16.5. The molecule has 0 bridgehead atoms. The van der Waals surface area contributed by atoms with Crippen LogP contribution in [0, 0.1) is 18.7 Å². The van der Waals surface area contributed by atoms with Crippen molar-refractivity contribution >= 4 is 40.7 Å². The van der Waals surface area contributed by atoms with Gasteiger partial charge in [0.05, 0.1) is 17.7 Å². The van der Waals surface area contributed by atoms with E-state index in [4.69, 9.17) is 9.73 Å². The molecule has 0 aliphatic carbocycles. The number of aliphatic imine (C=N–C) groups is 1. The highest BCUT2D eigenvalue weighted by Crippen LogP contribution is 2.43. The van der Waals surface area contributed by atoms with E-state index >= 15 is 4.39 Å². The van der Waals surface area contributed by atoms with E-state index in [1.807, 2.05) is 18.7 Å². The topological polar surface area (TPSA) is 124 Å². The zero-order valence-corrected chi connectivity index (χ0v) is 27.9. The smallest absolute Gasteiger partial charge is 0.338 e. The number of alkyl halides is 1. The van der Waals surface area contributed by atoms with E-state index in [-0.39, 0.29) is 56.3 Å². The summed E-state index contributed by atoms with van der Waals surface area (Å²) in [6, 6.07) is 8.58. The first-order valence-electron chi connectivity index (χ1n) is 15.9. The Morgan fingerprint density at radius 3 is 2.71 bits per heavy atom. The van der Waals surface area contributed by atoms with Crippen molar-refractivity contribution in [3.05, 3.63) is 92.3 Å². The van der Waals surface area contributed by atoms with Crippen LogP contribution in [-0.4, -0.2) is 77.1 Å². The van der Waals surface area contributed by atoms with Crippen LogP contribution in [-0.2, 0) is 14.3 Å². The molecule has 0 spiro atoms. The number of nitrogens with one attached hydrogen (secondary N) is 1. The summed E-state index contributed by atoms with van der Waals surface area (Å²) in [4.78, 5) is 51.7. The van der Waals surface area contributed by atoms with Gasteiger partial charge in [0.25, 0.3) is 5.91 Å². The number of amidine groups is 1. The predicted molar refractivity (Wildman–Crippen MR) is 178 cm³/mol. The first-order valence-corrected chi connectivity index (χ1v) is 16.8. The molecule has 2 fully saturated rings. The average molecular weight is 678 g/mol. The number of nitrogens with zero attached hydrogens (tertiary/aromatic N) is 4. The van der Waals surface area contributed by atoms with E-state index in [2.05, 4.69) is 10.3 Å². The Balaban J connectivity index is 1.32. The number of halogens is 2. The number of fused-ring (bicyclic) bond motifs is 1. The summed E-state index contributed by atoms with van der Waals surface area (Å²) in [5.74, 6) is -3.15. The molecule has 3 atom stereocenters. The zero-order chi connectivity index (χ0) is 34.3. The molecule has 252 valence electrons. The number of thiazole rings is 1. The van der Waals surface area contributed by atoms with Crippen LogP contribution < -0.4 is 10.2 Å². The molecule has 2 N–H and O–H groups in total. The molecule has 48 heavy (non-hydrogen) atoms. The molecule has 1 aromatic heterocycles. The number of piperidine rings is 1. The number of carbonyl (C=O) groups is 3. The number of carboxylic acid groups (broad SMARTS) is 1. The number of esters is 1. The van der Waals surface area contributed by atoms with Crippen LogP contribution in [0.25, 0.3) is 0 Å². The monoisotopic (exact) mass is 677 g/mol. The summed E-state index contributed by atoms with van der Waals surface area (Å²) >= 11 is 1.36. The Bertz CT molecular complexity index is 1830. The van der Waals surface area contributed by atoms with Gasteiger partial charge in [0.1, 0.15) is 11.9 Å². The summed E-state index contributed by atoms with van der Waals surface area (Å²) in [7, 11) is 0. The second kappa shape index (κ2) is 13.2. The fourth-order valence-electron chi connectivity index (χ4n) is 6.84. The molecule has 3 aromatic rings. The quantitative estimate of drug-likeness (QED) is 0.289. The lowest BCUT2D eigenvalue weighted by molar-refractivity contribution is -0.139. The van der Waals surface area contributed by atoms with E-state index in [0.29, 0.717) is 38.9 Å². The highest BCUT2D eigenvalue weighted by molar-refractivity contribution is 7.11. The van der Waals surface area contributed by atoms with Gasteiger partial charge in [-0.1, -0.05) is 32.0 Å². The van der Waals surface area contributed by atoms with E-state index in [0.717, 1.165) is 0 Å². The summed E-state index contributed by atoms with van der Waals surface area (Å²) in [5, 5.41) is 15.5. The van der Waals surface area contributed by atoms with Crippen molar-refractivity contribution in [3.8, 4) is 0 Å². The van der Waals surface area contributed by atoms with Crippen molar-refractivity contribution in [2.75, 3.05) is 37.7 Å². The van der Waals surface area contributed by atoms with Crippen molar-refractivity contribution in [2.24, 2.45) is 10.9 Å². The van der Waals surface area contributed by atoms with Crippen LogP contribution in [0.3, 0.4) is 0 Å². The second-order valence-corrected chi connectivity index (χ2v) is 13.5. The van der Waals surface area contributed by atoms with Gasteiger partial charge in [-0.3, -0.25) is 14.7 Å². The van der Waals surface area contributed by atoms with Gasteiger partial charge < -0.3 is 20.1 Å². The van der Waals surface area contributed by atoms with E-state index < -0.39 is 41.3 Å². The molecule has 2 saturated heterocycles. The molecule has 13 heteroatoms. The molecule has 4 heterocycles. The summed E-state index contributed by atoms with van der Waals surface area (Å²) in [6.07, 6.45) is 1.56. The number of aromatic carboxylic acids is 1. The number of carbonyl (C=O) groups excluding carboxylic acids is 2. The Labute approximate surface area is 281 Å². The Hall–Kier alpha value is -4.49. The maximum atomic E-state index is 16.5. The van der Waals surface area contributed by atoms with E-state index in [9.17, 15) is 23.9 Å². The Morgan fingerprint density at radius 2 is 2.02 bits per heavy atom. The maximum Gasteiger partial charge on any atom is 0.338 e. The van der Waals surface area contributed by atoms with Crippen molar-refractivity contribution in [3.63, 3.8) is 0 Å². The third-order valence-corrected chi connectivity index (χ3v) is 10.1. The predicted octanol–water partition coefficient (Wildman–Crippen LogP) is 5.40. The summed E-state index contributed by atoms with van der Waals surface area (Å²) < 4.78 is 36.8. The average Bonchev–Trinajstić information content (AvgIpc) is 3.69. The molecule has 10 nitrogen and oxygen atoms in total. The molecular weight excluding hydrogens is 640 g/mol. The van der Waals surface area contributed by atoms with Crippen LogP contribution in [0.5, 0.6) is 0 Å². The molecule has 2 aromatic carbocycles. The van der Waals surface area contributed by atoms with Crippen LogP contribution in [0.15, 0.2) is 64.2 Å². The zero-order valence-electron chi connectivity index (χ0n) is 27.1. The number of amides is 1. The Morgan fingerprint density at radius 1 is 1.23 bits per heavy atom. The van der Waals surface area contributed by atoms with E-state index in [1.165, 1.54) is 28.4 Å². The van der Waals surface area contributed by atoms with Crippen molar-refractivity contribution in [1.82, 2.24) is 15.2 Å². The van der Waals surface area contributed by atoms with Crippen LogP contribution in [0.4, 0.5) is 14.5 Å². The number of likely N-dealkylation sites (tertiary alicyclic amines) is 1. The number of anilines is 1. The van der Waals surface area contributed by atoms with Crippen LogP contribution in [0.1, 0.15) is 71.2 Å². The minimum atomic E-state index is -2.12. The molecule has 0 radical (unpaired) electrons. The van der Waals surface area contributed by atoms with Gasteiger partial charge in [-0.2, -0.15) is 0 Å². The number of hydrogen-bond acceptors (Lipinski definition) is 9. The van der Waals surface area contributed by atoms with Gasteiger partial charge in [-0.05, 0) is 54.7 Å². The van der Waals surface area contributed by atoms with Crippen molar-refractivity contribution in [1.29, 1.82) is 0 Å². The number of benzene rings is 2. The molecule has 3 aliphatic rings. The lowest BCUT2D eigenvalue weighted by Crippen LogP contribution is -2.52. The standard InChI is InChI=1S/C35H37F2N5O5S/c1-5-47-33(45)28-27(39-30(31-38-12-14-48-31)40-29(28)24-7-6-8-26(36)20(24)4)18-41-13-11-35(37)21(16-41)17-42(34(35)46)22-9-10-23(19(2)3)25(15-22)32(43)44/h6-10,12,14-15,19,21,29H,5,11,13,16-18H2,1-4H3,(H,39,40)(H,43,44)/t21-,29-,35+/m0/s1. The number of hydrogen-bond donors (Lipinski definition) is 2. The molecule has 3 aliphatic heterocycles. The molecule has 6 rings (SSSR count). The van der Waals surface area contributed by atoms with Gasteiger partial charge in [0.15, 0.2) is 16.5 Å². The minimum Gasteiger partial charge on any atom is -0.478 e. The first-order chi connectivity index (χ1) is 22.9. The molecular formula is C35H37F2N5O5S. The highest BCUT2D eigenvalue weighted by atomic mass is 32.1. The third kappa shape index (κ3) is 6.00. The highest BCUT2D eigenvalue weighted by Gasteiger charge is 2.57. The summed E-state index contributed by atoms with van der Waals surface area (Å²) in [5.41, 5.74) is 0.502. The third-order valence-electron chi connectivity index (χ3n) is 9.36. The first kappa shape index (κ1) is 33.4. The fourth-order valence-corrected chi connectivity index (χ4v) is 7.43. The van der Waals surface area contributed by atoms with Gasteiger partial charge in [-0.15, -0.1) is 11.3 Å². The van der Waals surface area contributed by atoms with Crippen molar-refractivity contribution in [2.45, 2.75) is 51.7 Å². The van der Waals surface area contributed by atoms with E-state index in [1.54, 1.807) is 49.7 Å². The van der Waals surface area contributed by atoms with Gasteiger partial charge >= 0.3 is 11.9 Å². The van der Waals surface area contributed by atoms with Gasteiger partial charge in [0, 0.05) is 61.5 Å². The number of ether oxygens (including phenoxy) is 1. The largest absolute Gasteiger partial charge is 0.478 e. The van der Waals surface area contributed by atoms with Crippen LogP contribution >= 0.6 is 11.3 Å². The van der Waals surface area contributed by atoms with Crippen molar-refractivity contribution < 1.29 is 33.0 Å².